The number of hydrogen-bond donors (Lipinski definition) is 1. The lowest BCUT2D eigenvalue weighted by Crippen LogP contribution is -1.92. The maximum atomic E-state index is 4.42. The van der Waals surface area contributed by atoms with E-state index in [-0.39, 0.29) is 0 Å². The summed E-state index contributed by atoms with van der Waals surface area (Å²) in [6, 6.07) is 2.25. The van der Waals surface area contributed by atoms with Gasteiger partial charge in [0.1, 0.15) is 5.65 Å². The molecule has 0 bridgehead atoms. The van der Waals surface area contributed by atoms with Crippen molar-refractivity contribution >= 4 is 11.0 Å². The van der Waals surface area contributed by atoms with Gasteiger partial charge in [0.15, 0.2) is 0 Å². The van der Waals surface area contributed by atoms with Crippen LogP contribution in [-0.4, -0.2) is 9.97 Å². The summed E-state index contributed by atoms with van der Waals surface area (Å²) in [7, 11) is 0. The van der Waals surface area contributed by atoms with Gasteiger partial charge in [0.2, 0.25) is 0 Å². The first-order chi connectivity index (χ1) is 6.72. The maximum absolute atomic E-state index is 4.42. The van der Waals surface area contributed by atoms with Crippen molar-refractivity contribution in [1.82, 2.24) is 9.97 Å². The van der Waals surface area contributed by atoms with E-state index in [0.717, 1.165) is 12.1 Å². The zero-order chi connectivity index (χ0) is 10.1. The molecule has 2 rings (SSSR count). The molecule has 14 heavy (non-hydrogen) atoms. The molecule has 2 heterocycles. The van der Waals surface area contributed by atoms with E-state index in [0.29, 0.717) is 5.92 Å². The molecule has 0 fully saturated rings. The number of pyridine rings is 1. The molecule has 2 aromatic heterocycles. The van der Waals surface area contributed by atoms with Gasteiger partial charge in [-0.25, -0.2) is 4.98 Å². The smallest absolute Gasteiger partial charge is 0.137 e. The average molecular weight is 188 g/mol. The van der Waals surface area contributed by atoms with E-state index in [2.05, 4.69) is 36.8 Å². The van der Waals surface area contributed by atoms with Crippen LogP contribution < -0.4 is 0 Å². The van der Waals surface area contributed by atoms with E-state index in [4.69, 9.17) is 0 Å². The molecule has 0 spiro atoms. The van der Waals surface area contributed by atoms with Crippen LogP contribution in [0, 0.1) is 6.92 Å². The van der Waals surface area contributed by atoms with Crippen molar-refractivity contribution < 1.29 is 0 Å². The van der Waals surface area contributed by atoms with Gasteiger partial charge in [-0.15, -0.1) is 0 Å². The van der Waals surface area contributed by atoms with Crippen LogP contribution in [0.3, 0.4) is 0 Å². The summed E-state index contributed by atoms with van der Waals surface area (Å²) in [4.78, 5) is 7.58. The lowest BCUT2D eigenvalue weighted by atomic mass is 9.99. The number of nitrogens with one attached hydrogen (secondary N) is 1. The first-order valence-electron chi connectivity index (χ1n) is 5.16. The standard InChI is InChI=1S/C12H16N2/c1-4-8(2)10-5-11-9(3)6-13-12(11)14-7-10/h5-8H,4H2,1-3H3,(H,13,14). The Morgan fingerprint density at radius 3 is 3.00 bits per heavy atom. The number of aromatic amines is 1. The van der Waals surface area contributed by atoms with Crippen molar-refractivity contribution in [1.29, 1.82) is 0 Å². The van der Waals surface area contributed by atoms with Crippen LogP contribution in [0.4, 0.5) is 0 Å². The Morgan fingerprint density at radius 2 is 2.29 bits per heavy atom. The number of H-pyrrole nitrogens is 1. The van der Waals surface area contributed by atoms with E-state index < -0.39 is 0 Å². The van der Waals surface area contributed by atoms with Crippen molar-refractivity contribution in [2.45, 2.75) is 33.1 Å². The second kappa shape index (κ2) is 3.45. The highest BCUT2D eigenvalue weighted by molar-refractivity contribution is 5.79. The van der Waals surface area contributed by atoms with Crippen molar-refractivity contribution in [3.63, 3.8) is 0 Å². The van der Waals surface area contributed by atoms with Crippen molar-refractivity contribution in [2.24, 2.45) is 0 Å². The van der Waals surface area contributed by atoms with Crippen LogP contribution >= 0.6 is 0 Å². The summed E-state index contributed by atoms with van der Waals surface area (Å²) in [6.07, 6.45) is 5.15. The quantitative estimate of drug-likeness (QED) is 0.769. The lowest BCUT2D eigenvalue weighted by Gasteiger charge is -2.07. The third-order valence-electron chi connectivity index (χ3n) is 2.94. The van der Waals surface area contributed by atoms with Gasteiger partial charge in [-0.2, -0.15) is 0 Å². The van der Waals surface area contributed by atoms with E-state index in [9.17, 15) is 0 Å². The second-order valence-corrected chi connectivity index (χ2v) is 3.95. The van der Waals surface area contributed by atoms with Gasteiger partial charge in [-0.05, 0) is 36.5 Å². The molecule has 0 saturated carbocycles. The molecule has 0 aliphatic carbocycles. The minimum absolute atomic E-state index is 0.598. The molecule has 0 amide bonds. The van der Waals surface area contributed by atoms with Crippen LogP contribution in [0.25, 0.3) is 11.0 Å². The van der Waals surface area contributed by atoms with Gasteiger partial charge in [0.05, 0.1) is 0 Å². The number of rotatable bonds is 2. The van der Waals surface area contributed by atoms with Gasteiger partial charge < -0.3 is 4.98 Å². The fraction of sp³-hybridized carbons (Fsp3) is 0.417. The lowest BCUT2D eigenvalue weighted by molar-refractivity contribution is 0.731. The Morgan fingerprint density at radius 1 is 1.50 bits per heavy atom. The molecule has 2 nitrogen and oxygen atoms in total. The van der Waals surface area contributed by atoms with Crippen LogP contribution in [0.2, 0.25) is 0 Å². The second-order valence-electron chi connectivity index (χ2n) is 3.95. The van der Waals surface area contributed by atoms with Gasteiger partial charge in [0, 0.05) is 17.8 Å². The Kier molecular flexibility index (Phi) is 2.28. The highest BCUT2D eigenvalue weighted by Crippen LogP contribution is 2.23. The summed E-state index contributed by atoms with van der Waals surface area (Å²) >= 11 is 0. The van der Waals surface area contributed by atoms with Crippen LogP contribution in [-0.2, 0) is 0 Å². The monoisotopic (exact) mass is 188 g/mol. The molecule has 1 unspecified atom stereocenters. The highest BCUT2D eigenvalue weighted by Gasteiger charge is 2.06. The van der Waals surface area contributed by atoms with E-state index in [1.54, 1.807) is 0 Å². The predicted molar refractivity (Wildman–Crippen MR) is 59.5 cm³/mol. The Hall–Kier alpha value is -1.31. The van der Waals surface area contributed by atoms with E-state index >= 15 is 0 Å². The first kappa shape index (κ1) is 9.25. The predicted octanol–water partition coefficient (Wildman–Crippen LogP) is 3.38. The maximum Gasteiger partial charge on any atom is 0.137 e. The van der Waals surface area contributed by atoms with Crippen molar-refractivity contribution in [3.05, 3.63) is 29.6 Å². The summed E-state index contributed by atoms with van der Waals surface area (Å²) < 4.78 is 0. The van der Waals surface area contributed by atoms with Crippen molar-refractivity contribution in [2.75, 3.05) is 0 Å². The molecular formula is C12H16N2. The number of aromatic nitrogens is 2. The van der Waals surface area contributed by atoms with Crippen LogP contribution in [0.15, 0.2) is 18.5 Å². The number of fused-ring (bicyclic) bond motifs is 1. The highest BCUT2D eigenvalue weighted by atomic mass is 14.8. The fourth-order valence-corrected chi connectivity index (χ4v) is 1.66. The molecule has 0 aliphatic heterocycles. The summed E-state index contributed by atoms with van der Waals surface area (Å²) in [5.74, 6) is 0.598. The van der Waals surface area contributed by atoms with E-state index in [1.165, 1.54) is 16.5 Å². The summed E-state index contributed by atoms with van der Waals surface area (Å²) in [5.41, 5.74) is 3.61. The van der Waals surface area contributed by atoms with Gasteiger partial charge >= 0.3 is 0 Å². The number of aryl methyl sites for hydroxylation is 1. The molecule has 2 aromatic rings. The fourth-order valence-electron chi connectivity index (χ4n) is 1.66. The normalized spacial score (nSPS) is 13.4. The molecule has 1 N–H and O–H groups in total. The average Bonchev–Trinajstić information content (AvgIpc) is 2.59. The minimum atomic E-state index is 0.598. The molecule has 2 heteroatoms. The molecule has 0 aliphatic rings. The first-order valence-corrected chi connectivity index (χ1v) is 5.16. The van der Waals surface area contributed by atoms with Crippen LogP contribution in [0.1, 0.15) is 37.3 Å². The molecule has 0 saturated heterocycles. The van der Waals surface area contributed by atoms with Crippen LogP contribution in [0.5, 0.6) is 0 Å². The molecular weight excluding hydrogens is 172 g/mol. The third kappa shape index (κ3) is 1.41. The van der Waals surface area contributed by atoms with Gasteiger partial charge in [-0.3, -0.25) is 0 Å². The molecule has 0 radical (unpaired) electrons. The zero-order valence-electron chi connectivity index (χ0n) is 8.96. The zero-order valence-corrected chi connectivity index (χ0v) is 8.96. The summed E-state index contributed by atoms with van der Waals surface area (Å²) in [5, 5.41) is 1.25. The Labute approximate surface area is 84.4 Å². The number of hydrogen-bond acceptors (Lipinski definition) is 1. The minimum Gasteiger partial charge on any atom is -0.346 e. The molecule has 1 atom stereocenters. The SMILES string of the molecule is CCC(C)c1cnc2[nH]cc(C)c2c1. The largest absolute Gasteiger partial charge is 0.346 e. The number of nitrogens with zero attached hydrogens (tertiary/aromatic N) is 1. The van der Waals surface area contributed by atoms with E-state index in [1.807, 2.05) is 12.4 Å². The summed E-state index contributed by atoms with van der Waals surface area (Å²) in [6.45, 7) is 6.56. The van der Waals surface area contributed by atoms with Crippen molar-refractivity contribution in [3.8, 4) is 0 Å². The van der Waals surface area contributed by atoms with Gasteiger partial charge in [-0.1, -0.05) is 13.8 Å². The Balaban J connectivity index is 2.54. The molecule has 0 aromatic carbocycles. The van der Waals surface area contributed by atoms with Gasteiger partial charge in [0.25, 0.3) is 0 Å². The molecule has 74 valence electrons. The topological polar surface area (TPSA) is 28.7 Å². The third-order valence-corrected chi connectivity index (χ3v) is 2.94. The Bertz CT molecular complexity index is 443.